The van der Waals surface area contributed by atoms with Crippen molar-refractivity contribution < 1.29 is 5.11 Å². The molecule has 2 aromatic heterocycles. The van der Waals surface area contributed by atoms with Crippen molar-refractivity contribution in [1.29, 1.82) is 0 Å². The molecular weight excluding hydrogens is 196 g/mol. The van der Waals surface area contributed by atoms with Gasteiger partial charge in [0.2, 0.25) is 0 Å². The summed E-state index contributed by atoms with van der Waals surface area (Å²) in [4.78, 5) is 8.96. The van der Waals surface area contributed by atoms with E-state index in [0.717, 1.165) is 10.4 Å². The molecule has 3 nitrogen and oxygen atoms in total. The van der Waals surface area contributed by atoms with Crippen molar-refractivity contribution in [1.82, 2.24) is 9.97 Å². The molecule has 0 spiro atoms. The normalized spacial score (nSPS) is 12.7. The first-order valence-electron chi connectivity index (χ1n) is 4.28. The van der Waals surface area contributed by atoms with Gasteiger partial charge in [0.25, 0.3) is 0 Å². The van der Waals surface area contributed by atoms with Crippen LogP contribution in [0.25, 0.3) is 0 Å². The highest BCUT2D eigenvalue weighted by Gasteiger charge is 2.15. The second kappa shape index (κ2) is 3.86. The Morgan fingerprint density at radius 3 is 2.64 bits per heavy atom. The summed E-state index contributed by atoms with van der Waals surface area (Å²) >= 11 is 1.52. The second-order valence-electron chi connectivity index (χ2n) is 2.98. The summed E-state index contributed by atoms with van der Waals surface area (Å²) in [7, 11) is 0. The molecule has 14 heavy (non-hydrogen) atoms. The van der Waals surface area contributed by atoms with Crippen molar-refractivity contribution >= 4 is 11.3 Å². The molecule has 0 aromatic carbocycles. The van der Waals surface area contributed by atoms with Crippen molar-refractivity contribution in [2.24, 2.45) is 0 Å². The van der Waals surface area contributed by atoms with Gasteiger partial charge in [-0.1, -0.05) is 0 Å². The number of aliphatic hydroxyl groups excluding tert-OH is 1. The van der Waals surface area contributed by atoms with Crippen molar-refractivity contribution in [2.45, 2.75) is 13.0 Å². The lowest BCUT2D eigenvalue weighted by Gasteiger charge is -2.07. The standard InChI is InChI=1S/C10H10N2OS/c1-7-3-6-14-9(7)8(13)10-11-4-2-5-12-10/h2-6,8,13H,1H3. The van der Waals surface area contributed by atoms with Crippen molar-refractivity contribution in [3.8, 4) is 0 Å². The Labute approximate surface area is 86.1 Å². The molecule has 0 bridgehead atoms. The van der Waals surface area contributed by atoms with Gasteiger partial charge in [-0.2, -0.15) is 0 Å². The predicted molar refractivity (Wildman–Crippen MR) is 55.1 cm³/mol. The van der Waals surface area contributed by atoms with E-state index in [1.54, 1.807) is 18.5 Å². The number of aliphatic hydroxyl groups is 1. The fraction of sp³-hybridized carbons (Fsp3) is 0.200. The Balaban J connectivity index is 2.34. The summed E-state index contributed by atoms with van der Waals surface area (Å²) in [5, 5.41) is 11.9. The molecule has 4 heteroatoms. The van der Waals surface area contributed by atoms with Crippen LogP contribution in [0.2, 0.25) is 0 Å². The van der Waals surface area contributed by atoms with E-state index in [0.29, 0.717) is 5.82 Å². The molecule has 0 aliphatic heterocycles. The zero-order valence-electron chi connectivity index (χ0n) is 7.71. The highest BCUT2D eigenvalue weighted by molar-refractivity contribution is 7.10. The molecule has 2 heterocycles. The Morgan fingerprint density at radius 2 is 2.07 bits per heavy atom. The first kappa shape index (κ1) is 9.30. The summed E-state index contributed by atoms with van der Waals surface area (Å²) in [6, 6.07) is 3.71. The topological polar surface area (TPSA) is 46.0 Å². The van der Waals surface area contributed by atoms with Gasteiger partial charge >= 0.3 is 0 Å². The third-order valence-electron chi connectivity index (χ3n) is 1.98. The van der Waals surface area contributed by atoms with Gasteiger partial charge in [0.15, 0.2) is 5.82 Å². The first-order valence-corrected chi connectivity index (χ1v) is 5.16. The van der Waals surface area contributed by atoms with E-state index in [2.05, 4.69) is 9.97 Å². The van der Waals surface area contributed by atoms with Crippen LogP contribution in [0.1, 0.15) is 22.4 Å². The first-order chi connectivity index (χ1) is 6.79. The van der Waals surface area contributed by atoms with Crippen LogP contribution in [0, 0.1) is 6.92 Å². The average molecular weight is 206 g/mol. The fourth-order valence-electron chi connectivity index (χ4n) is 1.23. The molecule has 0 saturated carbocycles. The van der Waals surface area contributed by atoms with Crippen LogP contribution in [0.15, 0.2) is 29.9 Å². The van der Waals surface area contributed by atoms with Crippen molar-refractivity contribution in [3.05, 3.63) is 46.2 Å². The van der Waals surface area contributed by atoms with Crippen LogP contribution < -0.4 is 0 Å². The predicted octanol–water partition coefficient (Wildman–Crippen LogP) is 1.93. The molecular formula is C10H10N2OS. The number of aryl methyl sites for hydroxylation is 1. The molecule has 1 atom stereocenters. The Bertz CT molecular complexity index is 413. The van der Waals surface area contributed by atoms with Gasteiger partial charge in [-0.05, 0) is 30.0 Å². The molecule has 0 aliphatic carbocycles. The molecule has 2 rings (SSSR count). The quantitative estimate of drug-likeness (QED) is 0.816. The van der Waals surface area contributed by atoms with Gasteiger partial charge in [-0.25, -0.2) is 9.97 Å². The minimum atomic E-state index is -0.698. The third kappa shape index (κ3) is 1.66. The van der Waals surface area contributed by atoms with Gasteiger partial charge in [-0.15, -0.1) is 11.3 Å². The maximum absolute atomic E-state index is 9.95. The van der Waals surface area contributed by atoms with E-state index in [1.807, 2.05) is 18.4 Å². The summed E-state index contributed by atoms with van der Waals surface area (Å²) in [5.41, 5.74) is 1.08. The maximum atomic E-state index is 9.95. The van der Waals surface area contributed by atoms with Gasteiger partial charge < -0.3 is 5.11 Å². The van der Waals surface area contributed by atoms with E-state index in [-0.39, 0.29) is 0 Å². The van der Waals surface area contributed by atoms with Crippen LogP contribution in [0.4, 0.5) is 0 Å². The number of thiophene rings is 1. The summed E-state index contributed by atoms with van der Waals surface area (Å²) in [6.07, 6.45) is 2.57. The summed E-state index contributed by atoms with van der Waals surface area (Å²) < 4.78 is 0. The third-order valence-corrected chi connectivity index (χ3v) is 3.05. The Hall–Kier alpha value is -1.26. The lowest BCUT2D eigenvalue weighted by molar-refractivity contribution is 0.213. The monoisotopic (exact) mass is 206 g/mol. The van der Waals surface area contributed by atoms with Crippen LogP contribution in [0.5, 0.6) is 0 Å². The molecule has 1 N–H and O–H groups in total. The van der Waals surface area contributed by atoms with Crippen LogP contribution >= 0.6 is 11.3 Å². The SMILES string of the molecule is Cc1ccsc1C(O)c1ncccn1. The number of hydrogen-bond donors (Lipinski definition) is 1. The van der Waals surface area contributed by atoms with Crippen molar-refractivity contribution in [2.75, 3.05) is 0 Å². The molecule has 72 valence electrons. The second-order valence-corrected chi connectivity index (χ2v) is 3.93. The molecule has 0 saturated heterocycles. The van der Waals surface area contributed by atoms with Gasteiger partial charge in [0.1, 0.15) is 6.10 Å². The summed E-state index contributed by atoms with van der Waals surface area (Å²) in [5.74, 6) is 0.457. The zero-order valence-corrected chi connectivity index (χ0v) is 8.53. The Kier molecular flexibility index (Phi) is 2.56. The minimum Gasteiger partial charge on any atom is -0.379 e. The lowest BCUT2D eigenvalue weighted by atomic mass is 10.2. The number of hydrogen-bond acceptors (Lipinski definition) is 4. The number of rotatable bonds is 2. The molecule has 0 aliphatic rings. The fourth-order valence-corrected chi connectivity index (χ4v) is 2.14. The average Bonchev–Trinajstić information content (AvgIpc) is 2.65. The largest absolute Gasteiger partial charge is 0.379 e. The molecule has 2 aromatic rings. The van der Waals surface area contributed by atoms with E-state index in [9.17, 15) is 5.11 Å². The maximum Gasteiger partial charge on any atom is 0.162 e. The molecule has 0 fully saturated rings. The van der Waals surface area contributed by atoms with Crippen LogP contribution in [-0.2, 0) is 0 Å². The summed E-state index contributed by atoms with van der Waals surface area (Å²) in [6.45, 7) is 1.97. The van der Waals surface area contributed by atoms with E-state index in [4.69, 9.17) is 0 Å². The van der Waals surface area contributed by atoms with E-state index < -0.39 is 6.10 Å². The lowest BCUT2D eigenvalue weighted by Crippen LogP contribution is -2.03. The van der Waals surface area contributed by atoms with Crippen LogP contribution in [0.3, 0.4) is 0 Å². The molecule has 0 amide bonds. The van der Waals surface area contributed by atoms with E-state index >= 15 is 0 Å². The smallest absolute Gasteiger partial charge is 0.162 e. The molecule has 0 radical (unpaired) electrons. The highest BCUT2D eigenvalue weighted by Crippen LogP contribution is 2.26. The minimum absolute atomic E-state index is 0.457. The van der Waals surface area contributed by atoms with Gasteiger partial charge in [-0.3, -0.25) is 0 Å². The number of aromatic nitrogens is 2. The molecule has 1 unspecified atom stereocenters. The zero-order chi connectivity index (χ0) is 9.97. The van der Waals surface area contributed by atoms with Gasteiger partial charge in [0, 0.05) is 17.3 Å². The van der Waals surface area contributed by atoms with Crippen LogP contribution in [-0.4, -0.2) is 15.1 Å². The Morgan fingerprint density at radius 1 is 1.36 bits per heavy atom. The van der Waals surface area contributed by atoms with Crippen molar-refractivity contribution in [3.63, 3.8) is 0 Å². The van der Waals surface area contributed by atoms with Gasteiger partial charge in [0.05, 0.1) is 0 Å². The highest BCUT2D eigenvalue weighted by atomic mass is 32.1. The number of nitrogens with zero attached hydrogens (tertiary/aromatic N) is 2. The van der Waals surface area contributed by atoms with E-state index in [1.165, 1.54) is 11.3 Å².